The van der Waals surface area contributed by atoms with E-state index in [1.807, 2.05) is 50.2 Å². The van der Waals surface area contributed by atoms with E-state index in [4.69, 9.17) is 9.47 Å². The Bertz CT molecular complexity index is 1500. The smallest absolute Gasteiger partial charge is 0.337 e. The van der Waals surface area contributed by atoms with Gasteiger partial charge in [-0.1, -0.05) is 30.3 Å². The summed E-state index contributed by atoms with van der Waals surface area (Å²) in [5, 5.41) is 11.7. The lowest BCUT2D eigenvalue weighted by atomic mass is 10.0. The highest BCUT2D eigenvalue weighted by Gasteiger charge is 2.16. The lowest BCUT2D eigenvalue weighted by Gasteiger charge is -2.11. The summed E-state index contributed by atoms with van der Waals surface area (Å²) in [7, 11) is 2.88. The number of H-pyrrole nitrogens is 1. The number of hydrogen-bond acceptors (Lipinski definition) is 6. The number of benzene rings is 3. The SMILES string of the molecule is COC(=O)c1cccc(-c2cccc(N=Nc3c(C)[nH]n(-c4ccc(C)c(C)c4)c3=O)c2OC)c1. The van der Waals surface area contributed by atoms with Crippen molar-refractivity contribution in [3.8, 4) is 22.6 Å². The summed E-state index contributed by atoms with van der Waals surface area (Å²) in [6, 6.07) is 18.3. The van der Waals surface area contributed by atoms with Crippen LogP contribution < -0.4 is 10.3 Å². The molecule has 0 fully saturated rings. The fourth-order valence-electron chi connectivity index (χ4n) is 3.78. The van der Waals surface area contributed by atoms with Gasteiger partial charge in [0.15, 0.2) is 11.4 Å². The normalized spacial score (nSPS) is 11.1. The minimum absolute atomic E-state index is 0.211. The van der Waals surface area contributed by atoms with Crippen molar-refractivity contribution < 1.29 is 14.3 Å². The third kappa shape index (κ3) is 4.63. The Labute approximate surface area is 202 Å². The molecule has 0 atom stereocenters. The lowest BCUT2D eigenvalue weighted by Crippen LogP contribution is -2.14. The van der Waals surface area contributed by atoms with E-state index in [-0.39, 0.29) is 11.2 Å². The van der Waals surface area contributed by atoms with Gasteiger partial charge >= 0.3 is 5.97 Å². The second-order valence-corrected chi connectivity index (χ2v) is 8.12. The Morgan fingerprint density at radius 3 is 2.40 bits per heavy atom. The fourth-order valence-corrected chi connectivity index (χ4v) is 3.78. The van der Waals surface area contributed by atoms with E-state index in [2.05, 4.69) is 15.3 Å². The molecule has 178 valence electrons. The topological polar surface area (TPSA) is 98.0 Å². The number of carbonyl (C=O) groups excluding carboxylic acids is 1. The number of nitrogens with one attached hydrogen (secondary N) is 1. The Balaban J connectivity index is 1.73. The number of ether oxygens (including phenoxy) is 2. The van der Waals surface area contributed by atoms with Gasteiger partial charge in [-0.25, -0.2) is 9.48 Å². The molecule has 35 heavy (non-hydrogen) atoms. The average Bonchev–Trinajstić information content (AvgIpc) is 3.16. The molecule has 3 aromatic carbocycles. The zero-order valence-electron chi connectivity index (χ0n) is 20.2. The van der Waals surface area contributed by atoms with E-state index < -0.39 is 5.97 Å². The number of aromatic amines is 1. The Morgan fingerprint density at radius 2 is 1.69 bits per heavy atom. The molecule has 0 unspecified atom stereocenters. The monoisotopic (exact) mass is 470 g/mol. The number of nitrogens with zero attached hydrogens (tertiary/aromatic N) is 3. The van der Waals surface area contributed by atoms with Crippen molar-refractivity contribution in [3.05, 3.63) is 93.4 Å². The number of aryl methyl sites for hydroxylation is 3. The molecule has 1 N–H and O–H groups in total. The van der Waals surface area contributed by atoms with E-state index in [0.29, 0.717) is 22.7 Å². The van der Waals surface area contributed by atoms with Gasteiger partial charge in [-0.15, -0.1) is 10.2 Å². The fraction of sp³-hybridized carbons (Fsp3) is 0.185. The number of methoxy groups -OCH3 is 2. The third-order valence-corrected chi connectivity index (χ3v) is 5.84. The first-order valence-corrected chi connectivity index (χ1v) is 11.0. The van der Waals surface area contributed by atoms with E-state index in [1.165, 1.54) is 18.9 Å². The van der Waals surface area contributed by atoms with Crippen LogP contribution in [0, 0.1) is 20.8 Å². The first-order chi connectivity index (χ1) is 16.8. The van der Waals surface area contributed by atoms with Gasteiger partial charge in [-0.05, 0) is 67.8 Å². The van der Waals surface area contributed by atoms with E-state index >= 15 is 0 Å². The van der Waals surface area contributed by atoms with Crippen molar-refractivity contribution >= 4 is 17.3 Å². The van der Waals surface area contributed by atoms with Crippen LogP contribution in [0.4, 0.5) is 11.4 Å². The predicted molar refractivity (Wildman–Crippen MR) is 135 cm³/mol. The molecule has 4 aromatic rings. The summed E-state index contributed by atoms with van der Waals surface area (Å²) >= 11 is 0. The van der Waals surface area contributed by atoms with Gasteiger partial charge in [-0.2, -0.15) is 0 Å². The molecule has 0 saturated carbocycles. The van der Waals surface area contributed by atoms with E-state index in [0.717, 1.165) is 27.9 Å². The number of carbonyl (C=O) groups is 1. The molecule has 1 aromatic heterocycles. The molecular weight excluding hydrogens is 444 g/mol. The van der Waals surface area contributed by atoms with Crippen LogP contribution >= 0.6 is 0 Å². The van der Waals surface area contributed by atoms with Gasteiger partial charge in [0.2, 0.25) is 0 Å². The minimum atomic E-state index is -0.426. The molecule has 8 heteroatoms. The summed E-state index contributed by atoms with van der Waals surface area (Å²) in [5.41, 5.74) is 5.84. The number of hydrogen-bond donors (Lipinski definition) is 1. The first-order valence-electron chi connectivity index (χ1n) is 11.0. The van der Waals surface area contributed by atoms with Crippen LogP contribution in [0.15, 0.2) is 75.7 Å². The highest BCUT2D eigenvalue weighted by molar-refractivity contribution is 5.91. The highest BCUT2D eigenvalue weighted by atomic mass is 16.5. The second kappa shape index (κ2) is 9.80. The molecule has 0 spiro atoms. The van der Waals surface area contributed by atoms with Crippen molar-refractivity contribution in [2.45, 2.75) is 20.8 Å². The van der Waals surface area contributed by atoms with Crippen LogP contribution in [0.1, 0.15) is 27.2 Å². The summed E-state index contributed by atoms with van der Waals surface area (Å²) in [6.45, 7) is 5.80. The zero-order valence-corrected chi connectivity index (χ0v) is 20.2. The molecule has 0 saturated heterocycles. The van der Waals surface area contributed by atoms with Crippen molar-refractivity contribution in [2.24, 2.45) is 10.2 Å². The quantitative estimate of drug-likeness (QED) is 0.277. The molecule has 4 rings (SSSR count). The van der Waals surface area contributed by atoms with Crippen LogP contribution in [0.25, 0.3) is 16.8 Å². The molecule has 0 radical (unpaired) electrons. The van der Waals surface area contributed by atoms with Crippen LogP contribution in [0.5, 0.6) is 5.75 Å². The summed E-state index contributed by atoms with van der Waals surface area (Å²) < 4.78 is 11.9. The van der Waals surface area contributed by atoms with Gasteiger partial charge in [0.05, 0.1) is 31.2 Å². The van der Waals surface area contributed by atoms with Crippen LogP contribution in [-0.2, 0) is 4.74 Å². The molecular formula is C27H26N4O4. The van der Waals surface area contributed by atoms with Crippen molar-refractivity contribution in [3.63, 3.8) is 0 Å². The maximum Gasteiger partial charge on any atom is 0.337 e. The molecule has 0 amide bonds. The molecule has 8 nitrogen and oxygen atoms in total. The first kappa shape index (κ1) is 23.7. The van der Waals surface area contributed by atoms with Crippen LogP contribution in [0.3, 0.4) is 0 Å². The number of para-hydroxylation sites is 1. The average molecular weight is 471 g/mol. The molecule has 0 bridgehead atoms. The molecule has 0 aliphatic carbocycles. The Hall–Kier alpha value is -4.46. The standard InChI is InChI=1S/C27H26N4O4/c1-16-12-13-21(14-17(16)2)31-26(32)24(18(3)30-31)29-28-23-11-7-10-22(25(23)34-4)19-8-6-9-20(15-19)27(33)35-5/h6-15,30H,1-5H3. The largest absolute Gasteiger partial charge is 0.494 e. The number of rotatable bonds is 6. The second-order valence-electron chi connectivity index (χ2n) is 8.12. The van der Waals surface area contributed by atoms with E-state index in [9.17, 15) is 9.59 Å². The predicted octanol–water partition coefficient (Wildman–Crippen LogP) is 5.97. The number of aromatic nitrogens is 2. The summed E-state index contributed by atoms with van der Waals surface area (Å²) in [6.07, 6.45) is 0. The van der Waals surface area contributed by atoms with Crippen LogP contribution in [-0.4, -0.2) is 30.0 Å². The minimum Gasteiger partial charge on any atom is -0.494 e. The zero-order chi connectivity index (χ0) is 25.1. The Kier molecular flexibility index (Phi) is 6.64. The number of azo groups is 1. The lowest BCUT2D eigenvalue weighted by molar-refractivity contribution is 0.0601. The Morgan fingerprint density at radius 1 is 0.914 bits per heavy atom. The van der Waals surface area contributed by atoms with Gasteiger partial charge in [0.25, 0.3) is 5.56 Å². The van der Waals surface area contributed by atoms with Gasteiger partial charge in [0.1, 0.15) is 5.69 Å². The van der Waals surface area contributed by atoms with Gasteiger partial charge in [-0.3, -0.25) is 9.89 Å². The van der Waals surface area contributed by atoms with Gasteiger partial charge in [0, 0.05) is 5.56 Å². The third-order valence-electron chi connectivity index (χ3n) is 5.84. The maximum absolute atomic E-state index is 13.1. The van der Waals surface area contributed by atoms with Crippen molar-refractivity contribution in [2.75, 3.05) is 14.2 Å². The van der Waals surface area contributed by atoms with Crippen molar-refractivity contribution in [1.82, 2.24) is 9.78 Å². The van der Waals surface area contributed by atoms with E-state index in [1.54, 1.807) is 31.2 Å². The number of esters is 1. The summed E-state index contributed by atoms with van der Waals surface area (Å²) in [5.74, 6) is 0.0468. The molecule has 1 heterocycles. The van der Waals surface area contributed by atoms with Crippen molar-refractivity contribution in [1.29, 1.82) is 0 Å². The van der Waals surface area contributed by atoms with Crippen LogP contribution in [0.2, 0.25) is 0 Å². The van der Waals surface area contributed by atoms with Gasteiger partial charge < -0.3 is 9.47 Å². The molecule has 0 aliphatic heterocycles. The summed E-state index contributed by atoms with van der Waals surface area (Å²) in [4.78, 5) is 25.0. The highest BCUT2D eigenvalue weighted by Crippen LogP contribution is 2.39. The maximum atomic E-state index is 13.1. The molecule has 0 aliphatic rings.